The van der Waals surface area contributed by atoms with Crippen molar-refractivity contribution in [3.05, 3.63) is 60.2 Å². The molecule has 0 spiro atoms. The second-order valence-corrected chi connectivity index (χ2v) is 11.1. The molecule has 6 N–H and O–H groups in total. The fourth-order valence-corrected chi connectivity index (χ4v) is 5.19. The van der Waals surface area contributed by atoms with Crippen LogP contribution in [0.5, 0.6) is 0 Å². The van der Waals surface area contributed by atoms with Crippen LogP contribution < -0.4 is 10.6 Å². The zero-order valence-corrected chi connectivity index (χ0v) is 23.9. The highest BCUT2D eigenvalue weighted by molar-refractivity contribution is 7.99. The first-order chi connectivity index (χ1) is 19.6. The van der Waals surface area contributed by atoms with Crippen LogP contribution in [0.15, 0.2) is 54.6 Å². The maximum atomic E-state index is 12.7. The Bertz CT molecular complexity index is 1150. The first kappa shape index (κ1) is 32.5. The molecule has 224 valence electrons. The summed E-state index contributed by atoms with van der Waals surface area (Å²) in [6, 6.07) is 15.2. The van der Waals surface area contributed by atoms with Gasteiger partial charge in [0.2, 0.25) is 5.91 Å². The predicted molar refractivity (Wildman–Crippen MR) is 153 cm³/mol. The molecule has 11 nitrogen and oxygen atoms in total. The van der Waals surface area contributed by atoms with Gasteiger partial charge in [-0.05, 0) is 41.2 Å². The van der Waals surface area contributed by atoms with Crippen LogP contribution in [-0.2, 0) is 19.1 Å². The summed E-state index contributed by atoms with van der Waals surface area (Å²) >= 11 is 1.65. The summed E-state index contributed by atoms with van der Waals surface area (Å²) in [7, 11) is 0. The molecule has 2 aromatic carbocycles. The molecule has 1 aliphatic heterocycles. The fourth-order valence-electron chi connectivity index (χ4n) is 4.58. The van der Waals surface area contributed by atoms with Crippen molar-refractivity contribution in [1.29, 1.82) is 0 Å². The van der Waals surface area contributed by atoms with Crippen molar-refractivity contribution < 1.29 is 44.3 Å². The molecule has 3 rings (SSSR count). The highest BCUT2D eigenvalue weighted by atomic mass is 32.2. The lowest BCUT2D eigenvalue weighted by Crippen LogP contribution is -2.68. The summed E-state index contributed by atoms with van der Waals surface area (Å²) in [6.07, 6.45) is -6.47. The molecule has 1 fully saturated rings. The zero-order chi connectivity index (χ0) is 30.0. The molecule has 2 unspecified atom stereocenters. The Kier molecular flexibility index (Phi) is 12.1. The molecular weight excluding hydrogens is 552 g/mol. The molecule has 6 atom stereocenters. The number of hydrogen-bond acceptors (Lipinski definition) is 9. The Balaban J connectivity index is 1.69. The number of ether oxygens (including phenoxy) is 2. The number of benzene rings is 2. The number of aliphatic hydroxyl groups excluding tert-OH is 3. The van der Waals surface area contributed by atoms with Crippen molar-refractivity contribution in [2.24, 2.45) is 0 Å². The summed E-state index contributed by atoms with van der Waals surface area (Å²) in [5.41, 5.74) is 2.23. The van der Waals surface area contributed by atoms with Crippen LogP contribution in [0.1, 0.15) is 37.0 Å². The number of amides is 2. The van der Waals surface area contributed by atoms with Gasteiger partial charge in [-0.3, -0.25) is 9.59 Å². The highest BCUT2D eigenvalue weighted by Gasteiger charge is 2.55. The van der Waals surface area contributed by atoms with E-state index < -0.39 is 67.0 Å². The van der Waals surface area contributed by atoms with Gasteiger partial charge in [0, 0.05) is 25.5 Å². The zero-order valence-electron chi connectivity index (χ0n) is 23.1. The van der Waals surface area contributed by atoms with E-state index in [0.29, 0.717) is 12.0 Å². The van der Waals surface area contributed by atoms with Gasteiger partial charge in [0.15, 0.2) is 0 Å². The lowest BCUT2D eigenvalue weighted by molar-refractivity contribution is -0.310. The minimum Gasteiger partial charge on any atom is -0.477 e. The number of aliphatic hydroxyl groups is 3. The van der Waals surface area contributed by atoms with Crippen molar-refractivity contribution in [2.45, 2.75) is 62.9 Å². The molecule has 1 heterocycles. The molecule has 0 aromatic heterocycles. The number of thioether (sulfide) groups is 1. The number of carbonyl (C=O) groups is 3. The summed E-state index contributed by atoms with van der Waals surface area (Å²) < 4.78 is 11.3. The van der Waals surface area contributed by atoms with Crippen molar-refractivity contribution in [1.82, 2.24) is 10.6 Å². The van der Waals surface area contributed by atoms with Gasteiger partial charge in [0.05, 0.1) is 24.9 Å². The number of hydrogen-bond donors (Lipinski definition) is 6. The van der Waals surface area contributed by atoms with Gasteiger partial charge in [0.1, 0.15) is 12.2 Å². The smallest absolute Gasteiger partial charge is 0.364 e. The van der Waals surface area contributed by atoms with Gasteiger partial charge in [0.25, 0.3) is 11.7 Å². The summed E-state index contributed by atoms with van der Waals surface area (Å²) in [5.74, 6) is -3.27. The number of carbonyl (C=O) groups excluding carboxylic acids is 2. The molecule has 1 saturated heterocycles. The quantitative estimate of drug-likeness (QED) is 0.177. The van der Waals surface area contributed by atoms with Gasteiger partial charge in [-0.25, -0.2) is 4.79 Å². The molecule has 12 heteroatoms. The Hall–Kier alpha value is -3.00. The van der Waals surface area contributed by atoms with E-state index in [1.54, 1.807) is 36.0 Å². The van der Waals surface area contributed by atoms with Crippen molar-refractivity contribution >= 4 is 29.5 Å². The van der Waals surface area contributed by atoms with E-state index in [0.717, 1.165) is 22.6 Å². The SMILES string of the molecule is CCSCCCO[C@]1(C(=O)O)CC(O)[C@@H](NC(C)=O)C([C@H](O)[C@H](O)CNC(=O)c2ccc(-c3ccccc3)cc2)O1. The van der Waals surface area contributed by atoms with Crippen molar-refractivity contribution in [2.75, 3.05) is 24.7 Å². The monoisotopic (exact) mass is 590 g/mol. The number of aliphatic carboxylic acids is 1. The first-order valence-electron chi connectivity index (χ1n) is 13.5. The maximum Gasteiger partial charge on any atom is 0.364 e. The molecule has 2 aromatic rings. The first-order valence-corrected chi connectivity index (χ1v) is 14.6. The largest absolute Gasteiger partial charge is 0.477 e. The molecule has 0 aliphatic carbocycles. The second kappa shape index (κ2) is 15.3. The average Bonchev–Trinajstić information content (AvgIpc) is 2.96. The topological polar surface area (TPSA) is 175 Å². The van der Waals surface area contributed by atoms with E-state index in [1.165, 1.54) is 6.92 Å². The van der Waals surface area contributed by atoms with Crippen LogP contribution in [0.4, 0.5) is 0 Å². The minimum absolute atomic E-state index is 0.0152. The standard InChI is InChI=1S/C29H38N2O9S/c1-3-41-15-7-14-39-29(28(37)38)16-22(33)24(31-18(2)32)26(40-29)25(35)23(34)17-30-27(36)21-12-10-20(11-13-21)19-8-5-4-6-9-19/h4-6,8-13,22-26,33-35H,3,7,14-17H2,1-2H3,(H,30,36)(H,31,32)(H,37,38)/t22?,23-,24-,25-,26?,29-/m1/s1. The number of carboxylic acid groups (broad SMARTS) is 1. The number of nitrogens with one attached hydrogen (secondary N) is 2. The van der Waals surface area contributed by atoms with E-state index in [-0.39, 0.29) is 6.61 Å². The van der Waals surface area contributed by atoms with Crippen molar-refractivity contribution in [3.63, 3.8) is 0 Å². The maximum absolute atomic E-state index is 12.7. The molecule has 0 saturated carbocycles. The van der Waals surface area contributed by atoms with Crippen LogP contribution in [0.3, 0.4) is 0 Å². The molecular formula is C29H38N2O9S. The van der Waals surface area contributed by atoms with E-state index in [1.807, 2.05) is 37.3 Å². The second-order valence-electron chi connectivity index (χ2n) is 9.75. The third-order valence-electron chi connectivity index (χ3n) is 6.70. The van der Waals surface area contributed by atoms with Crippen LogP contribution in [-0.4, -0.2) is 99.1 Å². The summed E-state index contributed by atoms with van der Waals surface area (Å²) in [5, 5.41) is 47.5. The molecule has 41 heavy (non-hydrogen) atoms. The van der Waals surface area contributed by atoms with Gasteiger partial charge in [-0.15, -0.1) is 0 Å². The Labute approximate surface area is 243 Å². The number of rotatable bonds is 14. The third-order valence-corrected chi connectivity index (χ3v) is 7.68. The highest BCUT2D eigenvalue weighted by Crippen LogP contribution is 2.34. The van der Waals surface area contributed by atoms with E-state index in [9.17, 15) is 34.8 Å². The van der Waals surface area contributed by atoms with Crippen LogP contribution in [0.2, 0.25) is 0 Å². The van der Waals surface area contributed by atoms with E-state index in [4.69, 9.17) is 9.47 Å². The predicted octanol–water partition coefficient (Wildman–Crippen LogP) is 1.40. The van der Waals surface area contributed by atoms with Crippen LogP contribution >= 0.6 is 11.8 Å². The Morgan fingerprint density at radius 3 is 2.37 bits per heavy atom. The van der Waals surface area contributed by atoms with Gasteiger partial charge in [-0.1, -0.05) is 49.4 Å². The van der Waals surface area contributed by atoms with E-state index >= 15 is 0 Å². The number of carboxylic acids is 1. The fraction of sp³-hybridized carbons (Fsp3) is 0.483. The van der Waals surface area contributed by atoms with Gasteiger partial charge < -0.3 is 40.5 Å². The van der Waals surface area contributed by atoms with Crippen LogP contribution in [0.25, 0.3) is 11.1 Å². The minimum atomic E-state index is -2.31. The lowest BCUT2D eigenvalue weighted by Gasteiger charge is -2.46. The van der Waals surface area contributed by atoms with Gasteiger partial charge in [-0.2, -0.15) is 11.8 Å². The van der Waals surface area contributed by atoms with Gasteiger partial charge >= 0.3 is 5.97 Å². The summed E-state index contributed by atoms with van der Waals surface area (Å²) in [4.78, 5) is 36.8. The normalized spacial score (nSPS) is 23.8. The Morgan fingerprint density at radius 2 is 1.76 bits per heavy atom. The Morgan fingerprint density at radius 1 is 1.10 bits per heavy atom. The average molecular weight is 591 g/mol. The summed E-state index contributed by atoms with van der Waals surface area (Å²) in [6.45, 7) is 2.78. The van der Waals surface area contributed by atoms with E-state index in [2.05, 4.69) is 10.6 Å². The lowest BCUT2D eigenvalue weighted by atomic mass is 9.88. The molecule has 1 aliphatic rings. The molecule has 0 bridgehead atoms. The van der Waals surface area contributed by atoms with Crippen LogP contribution in [0, 0.1) is 0 Å². The molecule has 0 radical (unpaired) electrons. The van der Waals surface area contributed by atoms with Crippen molar-refractivity contribution in [3.8, 4) is 11.1 Å². The molecule has 2 amide bonds. The third kappa shape index (κ3) is 8.74.